The van der Waals surface area contributed by atoms with Crippen LogP contribution in [0.15, 0.2) is 28.8 Å². The molecule has 1 saturated heterocycles. The molecule has 2 aromatic rings. The number of likely N-dealkylation sites (tertiary alicyclic amines) is 1. The van der Waals surface area contributed by atoms with Crippen LogP contribution in [0.25, 0.3) is 0 Å². The normalized spacial score (nSPS) is 22.8. The van der Waals surface area contributed by atoms with E-state index in [1.165, 1.54) is 24.0 Å². The quantitative estimate of drug-likeness (QED) is 0.877. The van der Waals surface area contributed by atoms with Crippen molar-refractivity contribution >= 4 is 5.91 Å². The maximum atomic E-state index is 11.5. The third kappa shape index (κ3) is 3.63. The molecular formula is C21H28N4O2. The summed E-state index contributed by atoms with van der Waals surface area (Å²) in [5.74, 6) is 1.15. The molecule has 1 aliphatic heterocycles. The summed E-state index contributed by atoms with van der Waals surface area (Å²) >= 11 is 0. The highest BCUT2D eigenvalue weighted by atomic mass is 16.5. The Labute approximate surface area is 160 Å². The Morgan fingerprint density at radius 1 is 1.26 bits per heavy atom. The predicted octanol–water partition coefficient (Wildman–Crippen LogP) is 2.94. The lowest BCUT2D eigenvalue weighted by molar-refractivity contribution is -0.123. The molecule has 1 unspecified atom stereocenters. The molecule has 2 aliphatic rings. The van der Waals surface area contributed by atoms with E-state index in [0.29, 0.717) is 19.0 Å². The number of aryl methyl sites for hydroxylation is 1. The largest absolute Gasteiger partial charge is 0.369 e. The van der Waals surface area contributed by atoms with E-state index in [1.807, 2.05) is 0 Å². The first-order valence-electron chi connectivity index (χ1n) is 9.99. The van der Waals surface area contributed by atoms with E-state index in [0.717, 1.165) is 38.1 Å². The Bertz CT molecular complexity index is 793. The highest BCUT2D eigenvalue weighted by Gasteiger charge is 2.41. The van der Waals surface area contributed by atoms with Crippen molar-refractivity contribution in [1.82, 2.24) is 15.0 Å². The molecule has 1 amide bonds. The Balaban J connectivity index is 1.53. The van der Waals surface area contributed by atoms with E-state index in [-0.39, 0.29) is 17.2 Å². The summed E-state index contributed by atoms with van der Waals surface area (Å²) in [6, 6.07) is 8.74. The van der Waals surface area contributed by atoms with Gasteiger partial charge in [0.2, 0.25) is 11.8 Å². The summed E-state index contributed by atoms with van der Waals surface area (Å²) in [7, 11) is 0. The Kier molecular flexibility index (Phi) is 5.00. The van der Waals surface area contributed by atoms with Crippen LogP contribution in [0.4, 0.5) is 0 Å². The predicted molar refractivity (Wildman–Crippen MR) is 102 cm³/mol. The van der Waals surface area contributed by atoms with Gasteiger partial charge in [0.25, 0.3) is 0 Å². The van der Waals surface area contributed by atoms with Gasteiger partial charge in [-0.25, -0.2) is 0 Å². The lowest BCUT2D eigenvalue weighted by atomic mass is 9.78. The maximum absolute atomic E-state index is 11.5. The lowest BCUT2D eigenvalue weighted by Crippen LogP contribution is -2.40. The second-order valence-corrected chi connectivity index (χ2v) is 8.14. The van der Waals surface area contributed by atoms with Gasteiger partial charge in [0.05, 0.1) is 17.9 Å². The first kappa shape index (κ1) is 18.2. The van der Waals surface area contributed by atoms with Crippen molar-refractivity contribution in [3.8, 4) is 0 Å². The zero-order valence-electron chi connectivity index (χ0n) is 16.0. The van der Waals surface area contributed by atoms with Crippen LogP contribution >= 0.6 is 0 Å². The van der Waals surface area contributed by atoms with Crippen molar-refractivity contribution in [3.63, 3.8) is 0 Å². The van der Waals surface area contributed by atoms with E-state index >= 15 is 0 Å². The van der Waals surface area contributed by atoms with Gasteiger partial charge in [0, 0.05) is 6.54 Å². The van der Waals surface area contributed by atoms with E-state index in [4.69, 9.17) is 15.2 Å². The minimum absolute atomic E-state index is 0.0742. The van der Waals surface area contributed by atoms with Crippen LogP contribution < -0.4 is 5.73 Å². The second-order valence-electron chi connectivity index (χ2n) is 8.14. The van der Waals surface area contributed by atoms with E-state index < -0.39 is 0 Å². The average Bonchev–Trinajstić information content (AvgIpc) is 3.33. The molecule has 0 radical (unpaired) electrons. The Morgan fingerprint density at radius 3 is 2.70 bits per heavy atom. The zero-order valence-corrected chi connectivity index (χ0v) is 16.0. The first-order valence-corrected chi connectivity index (χ1v) is 9.99. The monoisotopic (exact) mass is 368 g/mol. The van der Waals surface area contributed by atoms with Crippen molar-refractivity contribution in [2.24, 2.45) is 11.7 Å². The fourth-order valence-corrected chi connectivity index (χ4v) is 4.63. The molecule has 1 aromatic carbocycles. The molecule has 2 fully saturated rings. The number of piperidine rings is 1. The molecular weight excluding hydrogens is 340 g/mol. The van der Waals surface area contributed by atoms with Crippen molar-refractivity contribution in [1.29, 1.82) is 0 Å². The number of primary amides is 1. The molecule has 6 nitrogen and oxygen atoms in total. The van der Waals surface area contributed by atoms with Crippen LogP contribution in [-0.4, -0.2) is 34.0 Å². The first-order chi connectivity index (χ1) is 13.1. The smallest absolute Gasteiger partial charge is 0.240 e. The number of carbonyl (C=O) groups excluding carboxylic acids is 1. The average molecular weight is 368 g/mol. The maximum Gasteiger partial charge on any atom is 0.240 e. The summed E-state index contributed by atoms with van der Waals surface area (Å²) in [6.45, 7) is 4.30. The molecule has 2 N–H and O–H groups in total. The third-order valence-electron chi connectivity index (χ3n) is 6.22. The van der Waals surface area contributed by atoms with Crippen LogP contribution in [0.1, 0.15) is 61.4 Å². The van der Waals surface area contributed by atoms with Gasteiger partial charge in [-0.2, -0.15) is 4.98 Å². The number of nitrogens with zero attached hydrogens (tertiary/aromatic N) is 3. The summed E-state index contributed by atoms with van der Waals surface area (Å²) < 4.78 is 5.63. The van der Waals surface area contributed by atoms with Crippen molar-refractivity contribution in [3.05, 3.63) is 47.1 Å². The number of rotatable bonds is 5. The Morgan fingerprint density at radius 2 is 2.00 bits per heavy atom. The highest BCUT2D eigenvalue weighted by molar-refractivity contribution is 5.76. The van der Waals surface area contributed by atoms with Crippen LogP contribution in [0.2, 0.25) is 0 Å². The van der Waals surface area contributed by atoms with Gasteiger partial charge in [0.15, 0.2) is 5.82 Å². The molecule has 1 aliphatic carbocycles. The molecule has 0 bridgehead atoms. The molecule has 1 saturated carbocycles. The molecule has 6 heteroatoms. The van der Waals surface area contributed by atoms with Gasteiger partial charge in [-0.1, -0.05) is 47.8 Å². The number of nitrogens with two attached hydrogens (primary N) is 1. The topological polar surface area (TPSA) is 85.3 Å². The molecule has 1 aromatic heterocycles. The van der Waals surface area contributed by atoms with Crippen LogP contribution in [-0.2, 0) is 16.8 Å². The Hall–Kier alpha value is -2.21. The lowest BCUT2D eigenvalue weighted by Gasteiger charge is -2.29. The van der Waals surface area contributed by atoms with E-state index in [9.17, 15) is 4.79 Å². The van der Waals surface area contributed by atoms with Gasteiger partial charge in [-0.05, 0) is 44.7 Å². The second kappa shape index (κ2) is 7.43. The fourth-order valence-electron chi connectivity index (χ4n) is 4.63. The van der Waals surface area contributed by atoms with Crippen LogP contribution in [0.3, 0.4) is 0 Å². The number of hydrogen-bond donors (Lipinski definition) is 1. The van der Waals surface area contributed by atoms with Crippen molar-refractivity contribution in [2.45, 2.75) is 57.4 Å². The molecule has 0 spiro atoms. The molecule has 144 valence electrons. The summed E-state index contributed by atoms with van der Waals surface area (Å²) in [5, 5.41) is 4.38. The number of aromatic nitrogens is 2. The zero-order chi connectivity index (χ0) is 18.9. The third-order valence-corrected chi connectivity index (χ3v) is 6.22. The van der Waals surface area contributed by atoms with Crippen molar-refractivity contribution < 1.29 is 9.32 Å². The molecule has 1 atom stereocenters. The standard InChI is InChI=1S/C21H28N4O2/c1-15-6-8-17(9-7-15)21(10-2-3-11-21)20-23-18(27-24-20)14-25-12-4-5-16(13-25)19(22)26/h6-9,16H,2-5,10-14H2,1H3,(H2,22,26). The van der Waals surface area contributed by atoms with Crippen molar-refractivity contribution in [2.75, 3.05) is 13.1 Å². The minimum Gasteiger partial charge on any atom is -0.369 e. The van der Waals surface area contributed by atoms with E-state index in [2.05, 4.69) is 41.2 Å². The van der Waals surface area contributed by atoms with Crippen LogP contribution in [0, 0.1) is 12.8 Å². The summed E-state index contributed by atoms with van der Waals surface area (Å²) in [6.07, 6.45) is 6.33. The van der Waals surface area contributed by atoms with Gasteiger partial charge in [-0.15, -0.1) is 0 Å². The fraction of sp³-hybridized carbons (Fsp3) is 0.571. The number of benzene rings is 1. The van der Waals surface area contributed by atoms with Gasteiger partial charge >= 0.3 is 0 Å². The highest BCUT2D eigenvalue weighted by Crippen LogP contribution is 2.45. The summed E-state index contributed by atoms with van der Waals surface area (Å²) in [5.41, 5.74) is 7.89. The number of amides is 1. The number of carbonyl (C=O) groups is 1. The summed E-state index contributed by atoms with van der Waals surface area (Å²) in [4.78, 5) is 18.5. The number of hydrogen-bond acceptors (Lipinski definition) is 5. The van der Waals surface area contributed by atoms with E-state index in [1.54, 1.807) is 0 Å². The molecule has 2 heterocycles. The van der Waals surface area contributed by atoms with Gasteiger partial charge in [-0.3, -0.25) is 9.69 Å². The molecule has 4 rings (SSSR count). The van der Waals surface area contributed by atoms with Gasteiger partial charge in [0.1, 0.15) is 0 Å². The minimum atomic E-state index is -0.213. The van der Waals surface area contributed by atoms with Crippen LogP contribution in [0.5, 0.6) is 0 Å². The SMILES string of the molecule is Cc1ccc(C2(c3noc(CN4CCCC(C(N)=O)C4)n3)CCCC2)cc1. The molecule has 27 heavy (non-hydrogen) atoms. The van der Waals surface area contributed by atoms with Gasteiger partial charge < -0.3 is 10.3 Å².